The molecule has 0 saturated carbocycles. The third kappa shape index (κ3) is 33.7. The fourth-order valence-corrected chi connectivity index (χ4v) is 5.02. The lowest BCUT2D eigenvalue weighted by Crippen LogP contribution is -2.37. The third-order valence-corrected chi connectivity index (χ3v) is 8.08. The van der Waals surface area contributed by atoms with Gasteiger partial charge in [0.1, 0.15) is 19.8 Å². The van der Waals surface area contributed by atoms with Crippen molar-refractivity contribution in [2.24, 2.45) is 0 Å². The summed E-state index contributed by atoms with van der Waals surface area (Å²) in [6, 6.07) is 0. The first-order valence-electron chi connectivity index (χ1n) is 17.8. The van der Waals surface area contributed by atoms with Crippen molar-refractivity contribution in [2.45, 2.75) is 129 Å². The lowest BCUT2D eigenvalue weighted by Gasteiger charge is -2.28. The summed E-state index contributed by atoms with van der Waals surface area (Å²) in [7, 11) is 1.13. The van der Waals surface area contributed by atoms with Crippen LogP contribution in [0.25, 0.3) is 0 Å². The van der Waals surface area contributed by atoms with Gasteiger partial charge in [-0.3, -0.25) is 14.2 Å². The quantitative estimate of drug-likeness (QED) is 0.0235. The predicted octanol–water partition coefficient (Wildman–Crippen LogP) is 8.55. The molecule has 0 aromatic rings. The van der Waals surface area contributed by atoms with E-state index < -0.39 is 32.5 Å². The summed E-state index contributed by atoms with van der Waals surface area (Å²) in [6.07, 6.45) is 31.6. The van der Waals surface area contributed by atoms with Crippen LogP contribution in [0.4, 0.5) is 0 Å². The number of phosphoric ester groups is 1. The van der Waals surface area contributed by atoms with Crippen molar-refractivity contribution in [1.29, 1.82) is 0 Å². The average molecular weight is 684 g/mol. The van der Waals surface area contributed by atoms with Gasteiger partial charge in [-0.1, -0.05) is 107 Å². The van der Waals surface area contributed by atoms with Crippen LogP contribution < -0.4 is 4.89 Å². The molecule has 1 unspecified atom stereocenters. The van der Waals surface area contributed by atoms with Crippen molar-refractivity contribution >= 4 is 19.8 Å². The molecule has 47 heavy (non-hydrogen) atoms. The highest BCUT2D eigenvalue weighted by molar-refractivity contribution is 7.45. The first kappa shape index (κ1) is 45.0. The van der Waals surface area contributed by atoms with Gasteiger partial charge >= 0.3 is 11.9 Å². The number of carbonyl (C=O) groups excluding carboxylic acids is 2. The highest BCUT2D eigenvalue weighted by Gasteiger charge is 2.21. The van der Waals surface area contributed by atoms with Crippen LogP contribution in [-0.2, 0) is 32.7 Å². The smallest absolute Gasteiger partial charge is 0.306 e. The molecule has 272 valence electrons. The molecule has 0 saturated heterocycles. The molecule has 0 aromatic heterocycles. The number of unbranched alkanes of at least 4 members (excludes halogenated alkanes) is 9. The number of allylic oxidation sites excluding steroid dienone is 8. The van der Waals surface area contributed by atoms with Crippen LogP contribution in [0, 0.1) is 0 Å². The van der Waals surface area contributed by atoms with Crippen molar-refractivity contribution in [3.05, 3.63) is 48.6 Å². The van der Waals surface area contributed by atoms with Crippen LogP contribution in [-0.4, -0.2) is 70.0 Å². The molecule has 0 N–H and O–H groups in total. The van der Waals surface area contributed by atoms with Crippen LogP contribution in [0.3, 0.4) is 0 Å². The Hall–Kier alpha value is -2.03. The van der Waals surface area contributed by atoms with Crippen molar-refractivity contribution in [3.63, 3.8) is 0 Å². The Morgan fingerprint density at radius 3 is 1.81 bits per heavy atom. The topological polar surface area (TPSA) is 111 Å². The van der Waals surface area contributed by atoms with E-state index in [1.54, 1.807) is 0 Å². The summed E-state index contributed by atoms with van der Waals surface area (Å²) in [6.45, 7) is 3.99. The van der Waals surface area contributed by atoms with Gasteiger partial charge < -0.3 is 27.9 Å². The molecule has 0 radical (unpaired) electrons. The lowest BCUT2D eigenvalue weighted by molar-refractivity contribution is -0.870. The number of quaternary nitrogens is 1. The van der Waals surface area contributed by atoms with Gasteiger partial charge in [0.2, 0.25) is 0 Å². The van der Waals surface area contributed by atoms with Gasteiger partial charge in [0, 0.05) is 12.8 Å². The number of rotatable bonds is 31. The summed E-state index contributed by atoms with van der Waals surface area (Å²) >= 11 is 0. The van der Waals surface area contributed by atoms with E-state index in [9.17, 15) is 19.0 Å². The maximum Gasteiger partial charge on any atom is 0.306 e. The van der Waals surface area contributed by atoms with E-state index in [4.69, 9.17) is 18.5 Å². The van der Waals surface area contributed by atoms with Crippen molar-refractivity contribution in [2.75, 3.05) is 47.5 Å². The maximum atomic E-state index is 12.5. The molecule has 0 rings (SSSR count). The SMILES string of the molecule is CC/C=C/C/C=C/C/C=C/C/C=C/CCCCC(=O)OC[C@@H](COP(=O)([O-])OCC[N+](C)(C)C)OC(=O)CCCCCCCCCC. The van der Waals surface area contributed by atoms with Gasteiger partial charge in [-0.25, -0.2) is 0 Å². The first-order valence-corrected chi connectivity index (χ1v) is 19.3. The summed E-state index contributed by atoms with van der Waals surface area (Å²) in [5, 5.41) is 0. The second kappa shape index (κ2) is 30.1. The molecule has 0 fully saturated rings. The number of hydrogen-bond acceptors (Lipinski definition) is 8. The molecule has 0 aromatic carbocycles. The zero-order chi connectivity index (χ0) is 35.1. The van der Waals surface area contributed by atoms with Crippen molar-refractivity contribution in [1.82, 2.24) is 0 Å². The minimum atomic E-state index is -4.62. The van der Waals surface area contributed by atoms with Crippen LogP contribution in [0.15, 0.2) is 48.6 Å². The molecular weight excluding hydrogens is 617 g/mol. The number of ether oxygens (including phenoxy) is 2. The molecule has 0 aliphatic rings. The number of esters is 2. The number of hydrogen-bond donors (Lipinski definition) is 0. The normalized spacial score (nSPS) is 14.4. The Morgan fingerprint density at radius 2 is 1.21 bits per heavy atom. The predicted molar refractivity (Wildman–Crippen MR) is 190 cm³/mol. The number of nitrogens with zero attached hydrogens (tertiary/aromatic N) is 1. The summed E-state index contributed by atoms with van der Waals surface area (Å²) in [4.78, 5) is 37.1. The van der Waals surface area contributed by atoms with E-state index in [1.807, 2.05) is 21.1 Å². The van der Waals surface area contributed by atoms with E-state index in [1.165, 1.54) is 25.7 Å². The maximum absolute atomic E-state index is 12.5. The molecule has 0 spiro atoms. The van der Waals surface area contributed by atoms with Crippen LogP contribution in [0.5, 0.6) is 0 Å². The molecule has 2 atom stereocenters. The molecule has 0 bridgehead atoms. The Labute approximate surface area is 286 Å². The van der Waals surface area contributed by atoms with Gasteiger partial charge in [0.15, 0.2) is 6.10 Å². The minimum absolute atomic E-state index is 0.0386. The van der Waals surface area contributed by atoms with Gasteiger partial charge in [-0.2, -0.15) is 0 Å². The van der Waals surface area contributed by atoms with Gasteiger partial charge in [-0.15, -0.1) is 0 Å². The fraction of sp³-hybridized carbons (Fsp3) is 0.730. The Bertz CT molecular complexity index is 954. The Kier molecular flexibility index (Phi) is 28.8. The van der Waals surface area contributed by atoms with Gasteiger partial charge in [-0.05, 0) is 51.4 Å². The standard InChI is InChI=1S/C37H66NO8P/c1-6-8-10-12-14-16-17-18-19-20-21-22-24-25-27-29-36(39)43-33-35(34-45-47(41,42)44-32-31-38(3,4)5)46-37(40)30-28-26-23-15-13-11-9-7-2/h8,10,14,16,18-19,21-22,35H,6-7,9,11-13,15,17,20,23-34H2,1-5H3/b10-8+,16-14+,19-18+,22-21+/t35-/m0/s1. The zero-order valence-electron chi connectivity index (χ0n) is 30.2. The van der Waals surface area contributed by atoms with Crippen LogP contribution in [0.2, 0.25) is 0 Å². The Morgan fingerprint density at radius 1 is 0.681 bits per heavy atom. The zero-order valence-corrected chi connectivity index (χ0v) is 31.1. The highest BCUT2D eigenvalue weighted by Crippen LogP contribution is 2.38. The highest BCUT2D eigenvalue weighted by atomic mass is 31.2. The molecular formula is C37H66NO8P. The van der Waals surface area contributed by atoms with E-state index in [0.29, 0.717) is 23.9 Å². The summed E-state index contributed by atoms with van der Waals surface area (Å²) in [5.74, 6) is -0.894. The summed E-state index contributed by atoms with van der Waals surface area (Å²) in [5.41, 5.74) is 0. The largest absolute Gasteiger partial charge is 0.756 e. The summed E-state index contributed by atoms with van der Waals surface area (Å²) < 4.78 is 33.5. The van der Waals surface area contributed by atoms with Gasteiger partial charge in [0.25, 0.3) is 7.82 Å². The van der Waals surface area contributed by atoms with Crippen LogP contribution in [0.1, 0.15) is 123 Å². The van der Waals surface area contributed by atoms with E-state index in [-0.39, 0.29) is 26.1 Å². The minimum Gasteiger partial charge on any atom is -0.756 e. The molecule has 0 aliphatic carbocycles. The molecule has 0 aliphatic heterocycles. The van der Waals surface area contributed by atoms with Gasteiger partial charge in [0.05, 0.1) is 27.7 Å². The monoisotopic (exact) mass is 683 g/mol. The van der Waals surface area contributed by atoms with Crippen molar-refractivity contribution < 1.29 is 42.1 Å². The molecule has 0 amide bonds. The Balaban J connectivity index is 4.51. The van der Waals surface area contributed by atoms with E-state index in [0.717, 1.165) is 57.8 Å². The van der Waals surface area contributed by atoms with Crippen LogP contribution >= 0.6 is 7.82 Å². The molecule has 9 nitrogen and oxygen atoms in total. The second-order valence-electron chi connectivity index (χ2n) is 12.9. The first-order chi connectivity index (χ1) is 22.5. The average Bonchev–Trinajstić information content (AvgIpc) is 3.01. The number of phosphoric acid groups is 1. The second-order valence-corrected chi connectivity index (χ2v) is 14.3. The van der Waals surface area contributed by atoms with Crippen molar-refractivity contribution in [3.8, 4) is 0 Å². The number of likely N-dealkylation sites (N-methyl/N-ethyl adjacent to an activating group) is 1. The lowest BCUT2D eigenvalue weighted by atomic mass is 10.1. The third-order valence-electron chi connectivity index (χ3n) is 7.11. The number of carbonyl (C=O) groups is 2. The van der Waals surface area contributed by atoms with E-state index in [2.05, 4.69) is 62.5 Å². The van der Waals surface area contributed by atoms with E-state index >= 15 is 0 Å². The molecule has 0 heterocycles. The molecule has 10 heteroatoms. The fourth-order valence-electron chi connectivity index (χ4n) is 4.29.